The first-order chi connectivity index (χ1) is 9.01. The summed E-state index contributed by atoms with van der Waals surface area (Å²) in [6, 6.07) is -1.50. The van der Waals surface area contributed by atoms with Crippen molar-refractivity contribution in [2.75, 3.05) is 13.1 Å². The number of carboxylic acid groups (broad SMARTS) is 2. The molecule has 0 aromatic heterocycles. The lowest BCUT2D eigenvalue weighted by atomic mass is 9.86. The monoisotopic (exact) mass is 298 g/mol. The average Bonchev–Trinajstić information content (AvgIpc) is 2.72. The fraction of sp³-hybridized carbons (Fsp3) is 0.700. The Bertz CT molecular complexity index is 439. The van der Waals surface area contributed by atoms with Crippen molar-refractivity contribution in [3.05, 3.63) is 0 Å². The van der Waals surface area contributed by atoms with Gasteiger partial charge in [0.05, 0.1) is 12.5 Å². The zero-order valence-corrected chi connectivity index (χ0v) is 10.2. The largest absolute Gasteiger partial charge is 0.481 e. The summed E-state index contributed by atoms with van der Waals surface area (Å²) in [5, 5.41) is 17.3. The predicted molar refractivity (Wildman–Crippen MR) is 57.5 cm³/mol. The first-order valence-electron chi connectivity index (χ1n) is 5.57. The maximum Gasteiger partial charge on any atom is 0.406 e. The number of alkyl halides is 3. The summed E-state index contributed by atoms with van der Waals surface area (Å²) in [7, 11) is 0. The Kier molecular flexibility index (Phi) is 4.27. The van der Waals surface area contributed by atoms with Crippen molar-refractivity contribution >= 4 is 17.8 Å². The first-order valence-corrected chi connectivity index (χ1v) is 5.57. The van der Waals surface area contributed by atoms with Crippen molar-refractivity contribution in [2.24, 2.45) is 11.1 Å². The molecule has 114 valence electrons. The van der Waals surface area contributed by atoms with E-state index in [2.05, 4.69) is 0 Å². The fourth-order valence-electron chi connectivity index (χ4n) is 2.04. The second-order valence-electron chi connectivity index (χ2n) is 4.60. The fourth-order valence-corrected chi connectivity index (χ4v) is 2.04. The Hall–Kier alpha value is -1.84. The van der Waals surface area contributed by atoms with Crippen LogP contribution in [0.25, 0.3) is 0 Å². The zero-order chi connectivity index (χ0) is 15.7. The second kappa shape index (κ2) is 5.27. The van der Waals surface area contributed by atoms with Crippen molar-refractivity contribution in [3.63, 3.8) is 0 Å². The van der Waals surface area contributed by atoms with E-state index in [1.807, 2.05) is 0 Å². The van der Waals surface area contributed by atoms with Gasteiger partial charge in [-0.25, -0.2) is 0 Å². The Morgan fingerprint density at radius 1 is 1.30 bits per heavy atom. The van der Waals surface area contributed by atoms with Crippen molar-refractivity contribution in [1.29, 1.82) is 0 Å². The molecule has 0 bridgehead atoms. The van der Waals surface area contributed by atoms with E-state index in [0.29, 0.717) is 4.90 Å². The maximum atomic E-state index is 12.9. The van der Waals surface area contributed by atoms with Crippen LogP contribution in [0, 0.1) is 5.41 Å². The smallest absolute Gasteiger partial charge is 0.406 e. The van der Waals surface area contributed by atoms with Crippen LogP contribution < -0.4 is 5.73 Å². The van der Waals surface area contributed by atoms with Gasteiger partial charge in [0.2, 0.25) is 5.91 Å². The molecule has 1 aliphatic rings. The lowest BCUT2D eigenvalue weighted by Gasteiger charge is -2.27. The Labute approximate surface area is 111 Å². The lowest BCUT2D eigenvalue weighted by molar-refractivity contribution is -0.227. The number of nitrogens with zero attached hydrogens (tertiary/aromatic N) is 1. The molecular weight excluding hydrogens is 285 g/mol. The summed E-state index contributed by atoms with van der Waals surface area (Å²) < 4.78 is 38.6. The van der Waals surface area contributed by atoms with Crippen LogP contribution >= 0.6 is 0 Å². The third-order valence-electron chi connectivity index (χ3n) is 3.24. The van der Waals surface area contributed by atoms with Gasteiger partial charge in [0.15, 0.2) is 5.41 Å². The van der Waals surface area contributed by atoms with Crippen molar-refractivity contribution < 1.29 is 37.8 Å². The molecule has 0 spiro atoms. The average molecular weight is 298 g/mol. The molecule has 0 aromatic carbocycles. The molecule has 2 atom stereocenters. The van der Waals surface area contributed by atoms with Crippen LogP contribution in [0.1, 0.15) is 12.8 Å². The Morgan fingerprint density at radius 3 is 2.20 bits per heavy atom. The number of carbonyl (C=O) groups excluding carboxylic acids is 1. The van der Waals surface area contributed by atoms with E-state index in [-0.39, 0.29) is 0 Å². The molecule has 20 heavy (non-hydrogen) atoms. The SMILES string of the molecule is NC(CC(=O)O)C(=O)N1CCC(C(=O)O)(C(F)(F)F)C1. The highest BCUT2D eigenvalue weighted by atomic mass is 19.4. The molecule has 1 aliphatic heterocycles. The summed E-state index contributed by atoms with van der Waals surface area (Å²) >= 11 is 0. The van der Waals surface area contributed by atoms with E-state index in [1.165, 1.54) is 0 Å². The molecule has 10 heteroatoms. The van der Waals surface area contributed by atoms with E-state index in [9.17, 15) is 27.6 Å². The van der Waals surface area contributed by atoms with Crippen molar-refractivity contribution in [2.45, 2.75) is 25.1 Å². The van der Waals surface area contributed by atoms with Crippen LogP contribution in [0.4, 0.5) is 13.2 Å². The number of rotatable bonds is 4. The number of carbonyl (C=O) groups is 3. The van der Waals surface area contributed by atoms with E-state index >= 15 is 0 Å². The third kappa shape index (κ3) is 2.84. The number of likely N-dealkylation sites (tertiary alicyclic amines) is 1. The predicted octanol–water partition coefficient (Wildman–Crippen LogP) is -0.346. The molecule has 0 aliphatic carbocycles. The van der Waals surface area contributed by atoms with Crippen LogP contribution in [0.15, 0.2) is 0 Å². The van der Waals surface area contributed by atoms with Gasteiger partial charge in [0, 0.05) is 13.1 Å². The first kappa shape index (κ1) is 16.2. The number of aliphatic carboxylic acids is 2. The van der Waals surface area contributed by atoms with Crippen LogP contribution in [0.2, 0.25) is 0 Å². The quantitative estimate of drug-likeness (QED) is 0.652. The van der Waals surface area contributed by atoms with E-state index in [4.69, 9.17) is 15.9 Å². The van der Waals surface area contributed by atoms with Gasteiger partial charge in [-0.2, -0.15) is 13.2 Å². The highest BCUT2D eigenvalue weighted by Crippen LogP contribution is 2.45. The number of hydrogen-bond acceptors (Lipinski definition) is 4. The molecule has 1 amide bonds. The van der Waals surface area contributed by atoms with Crippen molar-refractivity contribution in [1.82, 2.24) is 4.90 Å². The lowest BCUT2D eigenvalue weighted by Crippen LogP contribution is -2.50. The Morgan fingerprint density at radius 2 is 1.85 bits per heavy atom. The summed E-state index contributed by atoms with van der Waals surface area (Å²) in [5.74, 6) is -4.43. The molecule has 1 heterocycles. The van der Waals surface area contributed by atoms with E-state index in [1.54, 1.807) is 0 Å². The minimum atomic E-state index is -5.01. The van der Waals surface area contributed by atoms with Gasteiger partial charge >= 0.3 is 18.1 Å². The minimum absolute atomic E-state index is 0.433. The molecule has 2 unspecified atom stereocenters. The summed E-state index contributed by atoms with van der Waals surface area (Å²) in [5.41, 5.74) is 2.25. The highest BCUT2D eigenvalue weighted by Gasteiger charge is 2.64. The molecule has 1 fully saturated rings. The van der Waals surface area contributed by atoms with Gasteiger partial charge in [-0.3, -0.25) is 14.4 Å². The molecule has 0 aromatic rings. The van der Waals surface area contributed by atoms with E-state index in [0.717, 1.165) is 0 Å². The van der Waals surface area contributed by atoms with Gasteiger partial charge in [-0.05, 0) is 6.42 Å². The van der Waals surface area contributed by atoms with Crippen LogP contribution in [-0.2, 0) is 14.4 Å². The molecular formula is C10H13F3N2O5. The third-order valence-corrected chi connectivity index (χ3v) is 3.24. The molecule has 7 nitrogen and oxygen atoms in total. The second-order valence-corrected chi connectivity index (χ2v) is 4.60. The topological polar surface area (TPSA) is 121 Å². The van der Waals surface area contributed by atoms with Gasteiger partial charge in [-0.15, -0.1) is 0 Å². The molecule has 0 radical (unpaired) electrons. The normalized spacial score (nSPS) is 24.5. The highest BCUT2D eigenvalue weighted by molar-refractivity contribution is 5.87. The molecule has 0 saturated carbocycles. The van der Waals surface area contributed by atoms with Crippen LogP contribution in [0.3, 0.4) is 0 Å². The number of hydrogen-bond donors (Lipinski definition) is 3. The van der Waals surface area contributed by atoms with E-state index < -0.39 is 61.4 Å². The molecule has 1 rings (SSSR count). The zero-order valence-electron chi connectivity index (χ0n) is 10.2. The summed E-state index contributed by atoms with van der Waals surface area (Å²) in [6.07, 6.45) is -6.52. The van der Waals surface area contributed by atoms with Gasteiger partial charge < -0.3 is 20.8 Å². The number of nitrogens with two attached hydrogens (primary N) is 1. The molecule has 1 saturated heterocycles. The minimum Gasteiger partial charge on any atom is -0.481 e. The van der Waals surface area contributed by atoms with Gasteiger partial charge in [0.1, 0.15) is 0 Å². The number of carboxylic acids is 2. The van der Waals surface area contributed by atoms with Crippen LogP contribution in [-0.4, -0.2) is 58.3 Å². The summed E-state index contributed by atoms with van der Waals surface area (Å²) in [6.45, 7) is -1.49. The maximum absolute atomic E-state index is 12.9. The molecule has 4 N–H and O–H groups in total. The number of halogens is 3. The van der Waals surface area contributed by atoms with Gasteiger partial charge in [0.25, 0.3) is 0 Å². The summed E-state index contributed by atoms with van der Waals surface area (Å²) in [4.78, 5) is 33.6. The van der Waals surface area contributed by atoms with Crippen LogP contribution in [0.5, 0.6) is 0 Å². The number of amides is 1. The van der Waals surface area contributed by atoms with Gasteiger partial charge in [-0.1, -0.05) is 0 Å². The Balaban J connectivity index is 2.87. The standard InChI is InChI=1S/C10H13F3N2O5/c11-10(12,13)9(8(19)20)1-2-15(4-9)7(18)5(14)3-6(16)17/h5H,1-4,14H2,(H,16,17)(H,19,20). The van der Waals surface area contributed by atoms with Crippen molar-refractivity contribution in [3.8, 4) is 0 Å².